The summed E-state index contributed by atoms with van der Waals surface area (Å²) >= 11 is 7.41. The molecule has 2 aromatic rings. The maximum Gasteiger partial charge on any atom is 0.123 e. The van der Waals surface area contributed by atoms with E-state index < -0.39 is 0 Å². The van der Waals surface area contributed by atoms with Crippen molar-refractivity contribution in [2.45, 2.75) is 12.8 Å². The van der Waals surface area contributed by atoms with Gasteiger partial charge < -0.3 is 5.11 Å². The van der Waals surface area contributed by atoms with Crippen molar-refractivity contribution in [3.63, 3.8) is 0 Å². The van der Waals surface area contributed by atoms with E-state index in [1.54, 1.807) is 11.3 Å². The third kappa shape index (κ3) is 2.43. The minimum absolute atomic E-state index is 0.0947. The van der Waals surface area contributed by atoms with Gasteiger partial charge in [0.15, 0.2) is 0 Å². The molecule has 2 rings (SSSR count). The number of aliphatic hydroxyl groups is 1. The van der Waals surface area contributed by atoms with Crippen LogP contribution in [0.25, 0.3) is 10.6 Å². The minimum atomic E-state index is 0.0947. The molecule has 0 saturated heterocycles. The Kier molecular flexibility index (Phi) is 3.59. The van der Waals surface area contributed by atoms with Crippen LogP contribution in [0.15, 0.2) is 29.6 Å². The fourth-order valence-corrected chi connectivity index (χ4v) is 2.40. The lowest BCUT2D eigenvalue weighted by molar-refractivity contribution is 0.271. The van der Waals surface area contributed by atoms with Crippen molar-refractivity contribution in [3.8, 4) is 10.6 Å². The molecule has 0 bridgehead atoms. The quantitative estimate of drug-likeness (QED) is 0.907. The number of thiazole rings is 1. The molecule has 0 aliphatic heterocycles. The smallest absolute Gasteiger partial charge is 0.123 e. The molecule has 1 heterocycles. The lowest BCUT2D eigenvalue weighted by atomic mass is 10.1. The zero-order chi connectivity index (χ0) is 11.5. The second-order valence-corrected chi connectivity index (χ2v) is 4.96. The zero-order valence-corrected chi connectivity index (χ0v) is 10.4. The highest BCUT2D eigenvalue weighted by molar-refractivity contribution is 7.13. The molecule has 1 atom stereocenters. The minimum Gasteiger partial charge on any atom is -0.396 e. The highest BCUT2D eigenvalue weighted by Crippen LogP contribution is 2.27. The maximum atomic E-state index is 9.05. The highest BCUT2D eigenvalue weighted by atomic mass is 35.5. The Balaban J connectivity index is 2.28. The molecule has 1 aromatic heterocycles. The molecule has 0 aliphatic carbocycles. The normalized spacial score (nSPS) is 12.7. The SMILES string of the molecule is CC(CO)c1csc(-c2ccc(Cl)cc2)n1. The summed E-state index contributed by atoms with van der Waals surface area (Å²) in [6.07, 6.45) is 0. The Morgan fingerprint density at radius 3 is 2.69 bits per heavy atom. The van der Waals surface area contributed by atoms with Crippen molar-refractivity contribution >= 4 is 22.9 Å². The molecule has 0 radical (unpaired) electrons. The lowest BCUT2D eigenvalue weighted by Gasteiger charge is -2.01. The van der Waals surface area contributed by atoms with Crippen LogP contribution in [0.1, 0.15) is 18.5 Å². The van der Waals surface area contributed by atoms with Gasteiger partial charge in [0.05, 0.1) is 12.3 Å². The summed E-state index contributed by atoms with van der Waals surface area (Å²) in [5.74, 6) is 0.0947. The number of aliphatic hydroxyl groups excluding tert-OH is 1. The Morgan fingerprint density at radius 2 is 2.06 bits per heavy atom. The van der Waals surface area contributed by atoms with Gasteiger partial charge in [-0.25, -0.2) is 4.98 Å². The van der Waals surface area contributed by atoms with Crippen LogP contribution in [0, 0.1) is 0 Å². The molecule has 1 N–H and O–H groups in total. The van der Waals surface area contributed by atoms with E-state index in [0.29, 0.717) is 0 Å². The third-order valence-electron chi connectivity index (χ3n) is 2.39. The number of rotatable bonds is 3. The summed E-state index contributed by atoms with van der Waals surface area (Å²) in [5.41, 5.74) is 2.00. The standard InChI is InChI=1S/C12H12ClNOS/c1-8(6-15)11-7-16-12(14-11)9-2-4-10(13)5-3-9/h2-5,7-8,15H,6H2,1H3. The van der Waals surface area contributed by atoms with Gasteiger partial charge in [-0.1, -0.05) is 30.7 Å². The number of hydrogen-bond acceptors (Lipinski definition) is 3. The molecule has 1 unspecified atom stereocenters. The number of aromatic nitrogens is 1. The molecule has 0 saturated carbocycles. The van der Waals surface area contributed by atoms with E-state index >= 15 is 0 Å². The first kappa shape index (κ1) is 11.6. The van der Waals surface area contributed by atoms with E-state index in [4.69, 9.17) is 16.7 Å². The van der Waals surface area contributed by atoms with Crippen LogP contribution in [-0.4, -0.2) is 16.7 Å². The largest absolute Gasteiger partial charge is 0.396 e. The molecule has 4 heteroatoms. The van der Waals surface area contributed by atoms with Crippen LogP contribution in [-0.2, 0) is 0 Å². The number of hydrogen-bond donors (Lipinski definition) is 1. The molecule has 0 aliphatic rings. The second kappa shape index (κ2) is 4.95. The molecule has 0 fully saturated rings. The lowest BCUT2D eigenvalue weighted by Crippen LogP contribution is -1.98. The summed E-state index contributed by atoms with van der Waals surface area (Å²) in [4.78, 5) is 4.50. The van der Waals surface area contributed by atoms with Crippen molar-refractivity contribution in [2.75, 3.05) is 6.61 Å². The van der Waals surface area contributed by atoms with Gasteiger partial charge in [0.2, 0.25) is 0 Å². The van der Waals surface area contributed by atoms with Gasteiger partial charge in [0, 0.05) is 21.9 Å². The second-order valence-electron chi connectivity index (χ2n) is 3.67. The summed E-state index contributed by atoms with van der Waals surface area (Å²) in [5, 5.41) is 12.7. The van der Waals surface area contributed by atoms with E-state index in [9.17, 15) is 0 Å². The third-order valence-corrected chi connectivity index (χ3v) is 3.55. The predicted octanol–water partition coefficient (Wildman–Crippen LogP) is 3.56. The molecule has 0 amide bonds. The summed E-state index contributed by atoms with van der Waals surface area (Å²) in [6, 6.07) is 7.62. The van der Waals surface area contributed by atoms with E-state index in [2.05, 4.69) is 4.98 Å². The zero-order valence-electron chi connectivity index (χ0n) is 8.85. The van der Waals surface area contributed by atoms with E-state index in [0.717, 1.165) is 21.3 Å². The van der Waals surface area contributed by atoms with Gasteiger partial charge in [-0.15, -0.1) is 11.3 Å². The van der Waals surface area contributed by atoms with E-state index in [1.165, 1.54) is 0 Å². The molecule has 1 aromatic carbocycles. The Hall–Kier alpha value is -0.900. The van der Waals surface area contributed by atoms with Crippen LogP contribution in [0.3, 0.4) is 0 Å². The summed E-state index contributed by atoms with van der Waals surface area (Å²) in [7, 11) is 0. The van der Waals surface area contributed by atoms with Crippen molar-refractivity contribution in [1.29, 1.82) is 0 Å². The van der Waals surface area contributed by atoms with Gasteiger partial charge in [-0.3, -0.25) is 0 Å². The van der Waals surface area contributed by atoms with Gasteiger partial charge in [0.1, 0.15) is 5.01 Å². The first-order valence-corrected chi connectivity index (χ1v) is 6.28. The average Bonchev–Trinajstić information content (AvgIpc) is 2.78. The molecule has 2 nitrogen and oxygen atoms in total. The number of halogens is 1. The van der Waals surface area contributed by atoms with Crippen molar-refractivity contribution in [3.05, 3.63) is 40.4 Å². The van der Waals surface area contributed by atoms with Gasteiger partial charge in [-0.05, 0) is 12.1 Å². The van der Waals surface area contributed by atoms with Crippen LogP contribution in [0.4, 0.5) is 0 Å². The predicted molar refractivity (Wildman–Crippen MR) is 68.1 cm³/mol. The van der Waals surface area contributed by atoms with Crippen molar-refractivity contribution in [2.24, 2.45) is 0 Å². The van der Waals surface area contributed by atoms with Gasteiger partial charge >= 0.3 is 0 Å². The van der Waals surface area contributed by atoms with E-state index in [-0.39, 0.29) is 12.5 Å². The van der Waals surface area contributed by atoms with Crippen molar-refractivity contribution < 1.29 is 5.11 Å². The maximum absolute atomic E-state index is 9.05. The molecule has 84 valence electrons. The Morgan fingerprint density at radius 1 is 1.38 bits per heavy atom. The summed E-state index contributed by atoms with van der Waals surface area (Å²) < 4.78 is 0. The first-order valence-electron chi connectivity index (χ1n) is 5.03. The monoisotopic (exact) mass is 253 g/mol. The molecular weight excluding hydrogens is 242 g/mol. The Bertz CT molecular complexity index is 466. The molecule has 16 heavy (non-hydrogen) atoms. The fourth-order valence-electron chi connectivity index (χ4n) is 1.33. The van der Waals surface area contributed by atoms with Gasteiger partial charge in [0.25, 0.3) is 0 Å². The number of nitrogens with zero attached hydrogens (tertiary/aromatic N) is 1. The number of benzene rings is 1. The van der Waals surface area contributed by atoms with Crippen molar-refractivity contribution in [1.82, 2.24) is 4.98 Å². The van der Waals surface area contributed by atoms with E-state index in [1.807, 2.05) is 36.6 Å². The first-order chi connectivity index (χ1) is 7.70. The average molecular weight is 254 g/mol. The summed E-state index contributed by atoms with van der Waals surface area (Å²) in [6.45, 7) is 2.09. The Labute approximate surface area is 104 Å². The molecule has 0 spiro atoms. The van der Waals surface area contributed by atoms with Crippen LogP contribution >= 0.6 is 22.9 Å². The van der Waals surface area contributed by atoms with Crippen LogP contribution in [0.5, 0.6) is 0 Å². The topological polar surface area (TPSA) is 33.1 Å². The van der Waals surface area contributed by atoms with Gasteiger partial charge in [-0.2, -0.15) is 0 Å². The highest BCUT2D eigenvalue weighted by Gasteiger charge is 2.09. The fraction of sp³-hybridized carbons (Fsp3) is 0.250. The van der Waals surface area contributed by atoms with Crippen LogP contribution in [0.2, 0.25) is 5.02 Å². The van der Waals surface area contributed by atoms with Crippen LogP contribution < -0.4 is 0 Å². The molecular formula is C12H12ClNOS.